The first-order valence-electron chi connectivity index (χ1n) is 8.10. The molecule has 0 fully saturated rings. The quantitative estimate of drug-likeness (QED) is 0.442. The average Bonchev–Trinajstić information content (AvgIpc) is 2.63. The lowest BCUT2D eigenvalue weighted by Crippen LogP contribution is -1.89. The summed E-state index contributed by atoms with van der Waals surface area (Å²) >= 11 is 1.64. The van der Waals surface area contributed by atoms with Crippen LogP contribution in [0, 0.1) is 13.8 Å². The summed E-state index contributed by atoms with van der Waals surface area (Å²) in [6.07, 6.45) is 3.48. The molecule has 0 radical (unpaired) electrons. The monoisotopic (exact) mass is 348 g/mol. The van der Waals surface area contributed by atoms with Gasteiger partial charge in [0.1, 0.15) is 11.6 Å². The molecule has 126 valence electrons. The number of hydrogen-bond acceptors (Lipinski definition) is 4. The Labute approximate surface area is 152 Å². The summed E-state index contributed by atoms with van der Waals surface area (Å²) in [5.74, 6) is 0. The molecule has 0 spiro atoms. The summed E-state index contributed by atoms with van der Waals surface area (Å²) < 4.78 is 0. The highest BCUT2D eigenvalue weighted by Gasteiger charge is 1.99. The van der Waals surface area contributed by atoms with Crippen molar-refractivity contribution in [1.82, 2.24) is 4.98 Å². The normalized spacial score (nSPS) is 11.0. The standard InChI is InChI=1S/C21H20N2OS/c1-16-3-7-18(8-4-16)15-24-23-14-19-9-12-21(22-13-19)25-20-10-5-17(2)6-11-20/h3-14H,15H2,1-2H3/b23-14-. The van der Waals surface area contributed by atoms with Gasteiger partial charge in [0.15, 0.2) is 0 Å². The van der Waals surface area contributed by atoms with Crippen molar-refractivity contribution in [2.75, 3.05) is 0 Å². The zero-order valence-electron chi connectivity index (χ0n) is 14.3. The maximum Gasteiger partial charge on any atom is 0.142 e. The van der Waals surface area contributed by atoms with Crippen LogP contribution in [0.4, 0.5) is 0 Å². The number of aromatic nitrogens is 1. The Bertz CT molecular complexity index is 825. The van der Waals surface area contributed by atoms with Gasteiger partial charge in [-0.2, -0.15) is 0 Å². The maximum atomic E-state index is 5.34. The minimum Gasteiger partial charge on any atom is -0.391 e. The zero-order chi connectivity index (χ0) is 17.5. The van der Waals surface area contributed by atoms with Crippen LogP contribution >= 0.6 is 11.8 Å². The highest BCUT2D eigenvalue weighted by molar-refractivity contribution is 7.99. The second-order valence-corrected chi connectivity index (χ2v) is 6.93. The van der Waals surface area contributed by atoms with Crippen LogP contribution in [0.2, 0.25) is 0 Å². The summed E-state index contributed by atoms with van der Waals surface area (Å²) in [6, 6.07) is 20.6. The number of benzene rings is 2. The summed E-state index contributed by atoms with van der Waals surface area (Å²) in [6.45, 7) is 4.61. The molecule has 0 aliphatic heterocycles. The lowest BCUT2D eigenvalue weighted by Gasteiger charge is -2.02. The fourth-order valence-corrected chi connectivity index (χ4v) is 2.90. The molecule has 3 aromatic rings. The minimum atomic E-state index is 0.464. The van der Waals surface area contributed by atoms with Gasteiger partial charge in [-0.1, -0.05) is 64.4 Å². The molecule has 1 aromatic heterocycles. The molecule has 0 aliphatic carbocycles. The van der Waals surface area contributed by atoms with Crippen LogP contribution in [0.25, 0.3) is 0 Å². The summed E-state index contributed by atoms with van der Waals surface area (Å²) in [7, 11) is 0. The number of hydrogen-bond donors (Lipinski definition) is 0. The first-order valence-corrected chi connectivity index (χ1v) is 8.92. The van der Waals surface area contributed by atoms with E-state index in [-0.39, 0.29) is 0 Å². The van der Waals surface area contributed by atoms with Crippen molar-refractivity contribution in [2.24, 2.45) is 5.16 Å². The van der Waals surface area contributed by atoms with Crippen molar-refractivity contribution in [3.63, 3.8) is 0 Å². The van der Waals surface area contributed by atoms with Crippen LogP contribution in [0.5, 0.6) is 0 Å². The van der Waals surface area contributed by atoms with E-state index in [0.717, 1.165) is 16.2 Å². The second kappa shape index (κ2) is 8.49. The molecule has 1 heterocycles. The zero-order valence-corrected chi connectivity index (χ0v) is 15.2. The van der Waals surface area contributed by atoms with Gasteiger partial charge in [-0.15, -0.1) is 0 Å². The van der Waals surface area contributed by atoms with E-state index in [1.807, 2.05) is 24.3 Å². The largest absolute Gasteiger partial charge is 0.391 e. The molecule has 0 saturated heterocycles. The van der Waals surface area contributed by atoms with Crippen LogP contribution in [-0.4, -0.2) is 11.2 Å². The molecule has 0 atom stereocenters. The molecular formula is C21H20N2OS. The van der Waals surface area contributed by atoms with Crippen molar-refractivity contribution in [2.45, 2.75) is 30.4 Å². The lowest BCUT2D eigenvalue weighted by atomic mass is 10.2. The van der Waals surface area contributed by atoms with E-state index < -0.39 is 0 Å². The lowest BCUT2D eigenvalue weighted by molar-refractivity contribution is 0.132. The van der Waals surface area contributed by atoms with Gasteiger partial charge in [0.05, 0.1) is 6.21 Å². The number of aryl methyl sites for hydroxylation is 2. The predicted molar refractivity (Wildman–Crippen MR) is 103 cm³/mol. The minimum absolute atomic E-state index is 0.464. The third kappa shape index (κ3) is 5.47. The number of oxime groups is 1. The van der Waals surface area contributed by atoms with Crippen molar-refractivity contribution < 1.29 is 4.84 Å². The highest BCUT2D eigenvalue weighted by Crippen LogP contribution is 2.25. The molecular weight excluding hydrogens is 328 g/mol. The first kappa shape index (κ1) is 17.2. The molecule has 0 bridgehead atoms. The van der Waals surface area contributed by atoms with Crippen molar-refractivity contribution >= 4 is 18.0 Å². The Morgan fingerprint density at radius 1 is 0.920 bits per heavy atom. The Kier molecular flexibility index (Phi) is 5.86. The number of nitrogens with zero attached hydrogens (tertiary/aromatic N) is 2. The fourth-order valence-electron chi connectivity index (χ4n) is 2.15. The van der Waals surface area contributed by atoms with Crippen LogP contribution < -0.4 is 0 Å². The van der Waals surface area contributed by atoms with Gasteiger partial charge in [-0.3, -0.25) is 0 Å². The molecule has 0 N–H and O–H groups in total. The second-order valence-electron chi connectivity index (χ2n) is 5.84. The van der Waals surface area contributed by atoms with E-state index in [4.69, 9.17) is 4.84 Å². The van der Waals surface area contributed by atoms with Gasteiger partial charge in [-0.25, -0.2) is 4.98 Å². The third-order valence-corrected chi connectivity index (χ3v) is 4.59. The van der Waals surface area contributed by atoms with Gasteiger partial charge >= 0.3 is 0 Å². The van der Waals surface area contributed by atoms with Crippen LogP contribution in [0.3, 0.4) is 0 Å². The van der Waals surface area contributed by atoms with E-state index in [2.05, 4.69) is 60.4 Å². The Morgan fingerprint density at radius 3 is 2.24 bits per heavy atom. The van der Waals surface area contributed by atoms with Crippen molar-refractivity contribution in [3.8, 4) is 0 Å². The average molecular weight is 348 g/mol. The first-order chi connectivity index (χ1) is 12.2. The van der Waals surface area contributed by atoms with Crippen molar-refractivity contribution in [3.05, 3.63) is 89.1 Å². The van der Waals surface area contributed by atoms with E-state index in [0.29, 0.717) is 6.61 Å². The summed E-state index contributed by atoms with van der Waals surface area (Å²) in [5.41, 5.74) is 4.51. The Balaban J connectivity index is 1.51. The number of pyridine rings is 1. The van der Waals surface area contributed by atoms with Gasteiger partial charge in [-0.05, 0) is 43.7 Å². The van der Waals surface area contributed by atoms with Gasteiger partial charge in [0.25, 0.3) is 0 Å². The van der Waals surface area contributed by atoms with E-state index >= 15 is 0 Å². The molecule has 0 aliphatic rings. The van der Waals surface area contributed by atoms with Gasteiger partial charge < -0.3 is 4.84 Å². The Morgan fingerprint density at radius 2 is 1.60 bits per heavy atom. The molecule has 0 amide bonds. The van der Waals surface area contributed by atoms with E-state index in [1.165, 1.54) is 16.0 Å². The smallest absolute Gasteiger partial charge is 0.142 e. The van der Waals surface area contributed by atoms with Crippen LogP contribution in [-0.2, 0) is 11.4 Å². The van der Waals surface area contributed by atoms with Crippen LogP contribution in [0.1, 0.15) is 22.3 Å². The van der Waals surface area contributed by atoms with E-state index in [1.54, 1.807) is 24.2 Å². The van der Waals surface area contributed by atoms with Gasteiger partial charge in [0, 0.05) is 16.7 Å². The summed E-state index contributed by atoms with van der Waals surface area (Å²) in [4.78, 5) is 11.0. The molecule has 4 heteroatoms. The topological polar surface area (TPSA) is 34.5 Å². The number of rotatable bonds is 6. The Hall–Kier alpha value is -2.59. The SMILES string of the molecule is Cc1ccc(CO/N=C\c2ccc(Sc3ccc(C)cc3)nc2)cc1. The molecule has 25 heavy (non-hydrogen) atoms. The van der Waals surface area contributed by atoms with Crippen LogP contribution in [0.15, 0.2) is 81.9 Å². The molecule has 0 unspecified atom stereocenters. The van der Waals surface area contributed by atoms with E-state index in [9.17, 15) is 0 Å². The molecule has 0 saturated carbocycles. The highest BCUT2D eigenvalue weighted by atomic mass is 32.2. The van der Waals surface area contributed by atoms with Crippen molar-refractivity contribution in [1.29, 1.82) is 0 Å². The third-order valence-electron chi connectivity index (χ3n) is 3.63. The molecule has 3 rings (SSSR count). The molecule has 2 aromatic carbocycles. The summed E-state index contributed by atoms with van der Waals surface area (Å²) in [5, 5.41) is 4.97. The fraction of sp³-hybridized carbons (Fsp3) is 0.143. The maximum absolute atomic E-state index is 5.34. The predicted octanol–water partition coefficient (Wildman–Crippen LogP) is 5.40. The molecule has 3 nitrogen and oxygen atoms in total. The van der Waals surface area contributed by atoms with Gasteiger partial charge in [0.2, 0.25) is 0 Å².